The van der Waals surface area contributed by atoms with Gasteiger partial charge in [-0.25, -0.2) is 0 Å². The van der Waals surface area contributed by atoms with Crippen LogP contribution in [0.15, 0.2) is 60.7 Å². The highest BCUT2D eigenvalue weighted by Crippen LogP contribution is 2.26. The molecule has 1 atom stereocenters. The standard InChI is InChI=1S/C23H29N3O2/c1-23(2,3)22(28)26-16-14-25(15-17-26)20(18-10-6-4-7-11-18)21(27)24-19-12-8-5-9-13-19/h4-13,20H,14-17H2,1-3H3,(H,24,27). The maximum atomic E-state index is 13.2. The largest absolute Gasteiger partial charge is 0.340 e. The fourth-order valence-electron chi connectivity index (χ4n) is 3.55. The Hall–Kier alpha value is -2.66. The molecule has 0 aromatic heterocycles. The van der Waals surface area contributed by atoms with Crippen LogP contribution in [0.4, 0.5) is 5.69 Å². The minimum absolute atomic E-state index is 0.0482. The zero-order valence-corrected chi connectivity index (χ0v) is 16.9. The van der Waals surface area contributed by atoms with Crippen molar-refractivity contribution in [3.8, 4) is 0 Å². The normalized spacial score (nSPS) is 16.5. The number of carbonyl (C=O) groups excluding carboxylic acids is 2. The summed E-state index contributed by atoms with van der Waals surface area (Å²) in [6.07, 6.45) is 0. The zero-order valence-electron chi connectivity index (χ0n) is 16.9. The molecular formula is C23H29N3O2. The Morgan fingerprint density at radius 3 is 1.93 bits per heavy atom. The smallest absolute Gasteiger partial charge is 0.246 e. The molecule has 2 aromatic carbocycles. The number of rotatable bonds is 4. The van der Waals surface area contributed by atoms with E-state index in [1.165, 1.54) is 0 Å². The molecule has 1 saturated heterocycles. The minimum atomic E-state index is -0.383. The molecule has 5 heteroatoms. The van der Waals surface area contributed by atoms with Crippen molar-refractivity contribution in [2.24, 2.45) is 5.41 Å². The quantitative estimate of drug-likeness (QED) is 0.884. The Morgan fingerprint density at radius 1 is 0.857 bits per heavy atom. The summed E-state index contributed by atoms with van der Waals surface area (Å²) in [7, 11) is 0. The van der Waals surface area contributed by atoms with Gasteiger partial charge in [-0.2, -0.15) is 0 Å². The molecule has 0 radical (unpaired) electrons. The molecule has 3 rings (SSSR count). The van der Waals surface area contributed by atoms with Crippen LogP contribution in [0.5, 0.6) is 0 Å². The third-order valence-electron chi connectivity index (χ3n) is 5.01. The molecule has 0 bridgehead atoms. The van der Waals surface area contributed by atoms with Gasteiger partial charge in [0.2, 0.25) is 11.8 Å². The van der Waals surface area contributed by atoms with Gasteiger partial charge >= 0.3 is 0 Å². The lowest BCUT2D eigenvalue weighted by molar-refractivity contribution is -0.141. The van der Waals surface area contributed by atoms with Crippen LogP contribution in [0.2, 0.25) is 0 Å². The third kappa shape index (κ3) is 4.78. The lowest BCUT2D eigenvalue weighted by atomic mass is 9.94. The lowest BCUT2D eigenvalue weighted by Gasteiger charge is -2.40. The molecule has 1 aliphatic heterocycles. The maximum absolute atomic E-state index is 13.2. The average molecular weight is 380 g/mol. The SMILES string of the molecule is CC(C)(C)C(=O)N1CCN(C(C(=O)Nc2ccccc2)c2ccccc2)CC1. The Morgan fingerprint density at radius 2 is 1.39 bits per heavy atom. The Bertz CT molecular complexity index is 792. The molecule has 2 aromatic rings. The molecule has 1 aliphatic rings. The molecular weight excluding hydrogens is 350 g/mol. The fraction of sp³-hybridized carbons (Fsp3) is 0.391. The molecule has 1 N–H and O–H groups in total. The molecule has 28 heavy (non-hydrogen) atoms. The van der Waals surface area contributed by atoms with Crippen LogP contribution in [0.3, 0.4) is 0 Å². The van der Waals surface area contributed by atoms with Crippen LogP contribution < -0.4 is 5.32 Å². The molecule has 1 unspecified atom stereocenters. The first-order valence-electron chi connectivity index (χ1n) is 9.80. The third-order valence-corrected chi connectivity index (χ3v) is 5.01. The van der Waals surface area contributed by atoms with Crippen molar-refractivity contribution in [1.82, 2.24) is 9.80 Å². The van der Waals surface area contributed by atoms with Gasteiger partial charge in [-0.3, -0.25) is 14.5 Å². The predicted octanol–water partition coefficient (Wildman–Crippen LogP) is 3.56. The van der Waals surface area contributed by atoms with E-state index < -0.39 is 0 Å². The van der Waals surface area contributed by atoms with Crippen molar-refractivity contribution in [2.45, 2.75) is 26.8 Å². The number of nitrogens with one attached hydrogen (secondary N) is 1. The van der Waals surface area contributed by atoms with Crippen molar-refractivity contribution in [2.75, 3.05) is 31.5 Å². The summed E-state index contributed by atoms with van der Waals surface area (Å²) < 4.78 is 0. The number of piperazine rings is 1. The zero-order chi connectivity index (χ0) is 20.1. The topological polar surface area (TPSA) is 52.7 Å². The van der Waals surface area contributed by atoms with Gasteiger partial charge in [0.05, 0.1) is 0 Å². The van der Waals surface area contributed by atoms with Gasteiger partial charge < -0.3 is 10.2 Å². The van der Waals surface area contributed by atoms with E-state index in [0.717, 1.165) is 11.3 Å². The van der Waals surface area contributed by atoms with E-state index in [0.29, 0.717) is 26.2 Å². The van der Waals surface area contributed by atoms with Crippen LogP contribution in [0, 0.1) is 5.41 Å². The minimum Gasteiger partial charge on any atom is -0.340 e. The summed E-state index contributed by atoms with van der Waals surface area (Å²) >= 11 is 0. The summed E-state index contributed by atoms with van der Waals surface area (Å²) in [5, 5.41) is 3.03. The van der Waals surface area contributed by atoms with Crippen LogP contribution in [-0.4, -0.2) is 47.8 Å². The highest BCUT2D eigenvalue weighted by Gasteiger charge is 2.34. The number of para-hydroxylation sites is 1. The first-order chi connectivity index (χ1) is 13.4. The first kappa shape index (κ1) is 20.1. The van der Waals surface area contributed by atoms with Gasteiger partial charge in [-0.1, -0.05) is 69.3 Å². The number of nitrogens with zero attached hydrogens (tertiary/aromatic N) is 2. The summed E-state index contributed by atoms with van der Waals surface area (Å²) in [4.78, 5) is 29.8. The van der Waals surface area contributed by atoms with Gasteiger partial charge in [0.15, 0.2) is 0 Å². The molecule has 5 nitrogen and oxygen atoms in total. The number of hydrogen-bond acceptors (Lipinski definition) is 3. The molecule has 1 fully saturated rings. The van der Waals surface area contributed by atoms with E-state index in [-0.39, 0.29) is 23.3 Å². The number of anilines is 1. The van der Waals surface area contributed by atoms with Crippen LogP contribution >= 0.6 is 0 Å². The van der Waals surface area contributed by atoms with Crippen LogP contribution in [0.25, 0.3) is 0 Å². The highest BCUT2D eigenvalue weighted by molar-refractivity contribution is 5.95. The molecule has 148 valence electrons. The van der Waals surface area contributed by atoms with E-state index >= 15 is 0 Å². The maximum Gasteiger partial charge on any atom is 0.246 e. The van der Waals surface area contributed by atoms with Gasteiger partial charge in [0, 0.05) is 37.3 Å². The van der Waals surface area contributed by atoms with Crippen molar-refractivity contribution in [3.63, 3.8) is 0 Å². The number of amides is 2. The summed E-state index contributed by atoms with van der Waals surface area (Å²) in [6, 6.07) is 19.0. The highest BCUT2D eigenvalue weighted by atomic mass is 16.2. The number of hydrogen-bond donors (Lipinski definition) is 1. The molecule has 0 spiro atoms. The van der Waals surface area contributed by atoms with Gasteiger partial charge in [-0.05, 0) is 17.7 Å². The van der Waals surface area contributed by atoms with Crippen molar-refractivity contribution in [1.29, 1.82) is 0 Å². The van der Waals surface area contributed by atoms with E-state index in [2.05, 4.69) is 10.2 Å². The predicted molar refractivity (Wildman–Crippen MR) is 112 cm³/mol. The van der Waals surface area contributed by atoms with E-state index in [9.17, 15) is 9.59 Å². The Balaban J connectivity index is 1.75. The lowest BCUT2D eigenvalue weighted by Crippen LogP contribution is -2.53. The van der Waals surface area contributed by atoms with Crippen molar-refractivity contribution >= 4 is 17.5 Å². The summed E-state index contributed by atoms with van der Waals surface area (Å²) in [5.41, 5.74) is 1.37. The van der Waals surface area contributed by atoms with Crippen molar-refractivity contribution in [3.05, 3.63) is 66.2 Å². The fourth-order valence-corrected chi connectivity index (χ4v) is 3.55. The second-order valence-corrected chi connectivity index (χ2v) is 8.25. The number of carbonyl (C=O) groups is 2. The Kier molecular flexibility index (Phi) is 6.15. The molecule has 0 saturated carbocycles. The summed E-state index contributed by atoms with van der Waals surface area (Å²) in [6.45, 7) is 8.45. The molecule has 2 amide bonds. The summed E-state index contributed by atoms with van der Waals surface area (Å²) in [5.74, 6) is 0.116. The number of benzene rings is 2. The van der Waals surface area contributed by atoms with E-state index in [1.54, 1.807) is 0 Å². The molecule has 0 aliphatic carbocycles. The van der Waals surface area contributed by atoms with Crippen molar-refractivity contribution < 1.29 is 9.59 Å². The van der Waals surface area contributed by atoms with Gasteiger partial charge in [-0.15, -0.1) is 0 Å². The van der Waals surface area contributed by atoms with Gasteiger partial charge in [0.25, 0.3) is 0 Å². The van der Waals surface area contributed by atoms with Crippen LogP contribution in [0.1, 0.15) is 32.4 Å². The average Bonchev–Trinajstić information content (AvgIpc) is 2.69. The monoisotopic (exact) mass is 379 g/mol. The second-order valence-electron chi connectivity index (χ2n) is 8.25. The Labute approximate surface area is 167 Å². The van der Waals surface area contributed by atoms with E-state index in [4.69, 9.17) is 0 Å². The first-order valence-corrected chi connectivity index (χ1v) is 9.80. The molecule has 1 heterocycles. The second kappa shape index (κ2) is 8.57. The van der Waals surface area contributed by atoms with Gasteiger partial charge in [0.1, 0.15) is 6.04 Å². The van der Waals surface area contributed by atoms with E-state index in [1.807, 2.05) is 86.3 Å². The van der Waals surface area contributed by atoms with Crippen LogP contribution in [-0.2, 0) is 9.59 Å².